The Bertz CT molecular complexity index is 854. The van der Waals surface area contributed by atoms with Gasteiger partial charge in [0, 0.05) is 0 Å². The average molecular weight is 410 g/mol. The predicted octanol–water partition coefficient (Wildman–Crippen LogP) is 0.924. The minimum Gasteiger partial charge on any atom is -0.639 e. The van der Waals surface area contributed by atoms with Crippen LogP contribution in [0.5, 0.6) is 0 Å². The number of hydrogen-bond acceptors (Lipinski definition) is 3. The summed E-state index contributed by atoms with van der Waals surface area (Å²) < 4.78 is 4.25. The summed E-state index contributed by atoms with van der Waals surface area (Å²) in [6.45, 7) is -0.753. The molecule has 0 spiro atoms. The fourth-order valence-corrected chi connectivity index (χ4v) is 3.64. The lowest BCUT2D eigenvalue weighted by atomic mass is 9.42. The third-order valence-corrected chi connectivity index (χ3v) is 4.89. The zero-order valence-corrected chi connectivity index (χ0v) is 16.1. The monoisotopic (exact) mass is 408 g/mol. The van der Waals surface area contributed by atoms with Gasteiger partial charge in [-0.25, -0.2) is 0 Å². The van der Waals surface area contributed by atoms with Crippen molar-refractivity contribution in [3.8, 4) is 0 Å². The molecule has 1 aliphatic rings. The van der Waals surface area contributed by atoms with Gasteiger partial charge in [-0.2, -0.15) is 0 Å². The van der Waals surface area contributed by atoms with Crippen molar-refractivity contribution >= 4 is 63.7 Å². The lowest BCUT2D eigenvalue weighted by molar-refractivity contribution is -0.324. The van der Waals surface area contributed by atoms with E-state index in [0.29, 0.717) is 0 Å². The van der Waals surface area contributed by atoms with Crippen LogP contribution in [0.2, 0.25) is 0 Å². The average Bonchev–Trinajstić information content (AvgIpc) is 2.61. The van der Waals surface area contributed by atoms with Crippen molar-refractivity contribution in [1.82, 2.24) is 0 Å². The molecular weight excluding hydrogens is 393 g/mol. The van der Waals surface area contributed by atoms with Crippen molar-refractivity contribution in [1.29, 1.82) is 0 Å². The number of ketones is 1. The molecule has 0 saturated carbocycles. The van der Waals surface area contributed by atoms with Gasteiger partial charge in [-0.1, -0.05) is 106 Å². The molecule has 0 aliphatic carbocycles. The topological polar surface area (TPSA) is 66.3 Å². The number of alkyl halides is 3. The van der Waals surface area contributed by atoms with Gasteiger partial charge in [-0.15, -0.1) is 0 Å². The maximum Gasteiger partial charge on any atom is 0.507 e. The fraction of sp³-hybridized carbons (Fsp3) is 0.111. The highest BCUT2D eigenvalue weighted by Gasteiger charge is 2.50. The van der Waals surface area contributed by atoms with Crippen LogP contribution in [0.4, 0.5) is 0 Å². The number of Topliss-reactive ketones (excluding diaryl/α,β-unsaturated/α-hetero) is 1. The normalized spacial score (nSPS) is 16.7. The Hall–Kier alpha value is -1.95. The van der Waals surface area contributed by atoms with Gasteiger partial charge in [0.05, 0.1) is 0 Å². The maximum atomic E-state index is 12.1. The number of rotatable bonds is 3. The number of allylic oxidation sites excluding steroid dienone is 1. The standard InChI is InChI=1S/C18H16BCl3N2O2/c1-12(25)15-16(18(20,21)22)24-19(26-17(15)23,13-8-4-2-5-9-13)14-10-6-3-7-11-14/h2-11,24H,23H2,1H3. The van der Waals surface area contributed by atoms with Crippen LogP contribution in [0.15, 0.2) is 72.1 Å². The Labute approximate surface area is 166 Å². The van der Waals surface area contributed by atoms with Gasteiger partial charge in [0.2, 0.25) is 0 Å². The SMILES string of the molecule is CC(=O)C1=C(N)O[B-](c2ccccc2)(c2ccccc2)[NH+]=C1C(Cl)(Cl)Cl. The van der Waals surface area contributed by atoms with Gasteiger partial charge in [-0.05, 0) is 6.92 Å². The van der Waals surface area contributed by atoms with Crippen molar-refractivity contribution < 1.29 is 14.4 Å². The number of carbonyl (C=O) groups is 1. The molecule has 0 atom stereocenters. The first-order chi connectivity index (χ1) is 12.3. The lowest BCUT2D eigenvalue weighted by Crippen LogP contribution is -3.03. The summed E-state index contributed by atoms with van der Waals surface area (Å²) in [6, 6.07) is 18.9. The van der Waals surface area contributed by atoms with E-state index in [1.54, 1.807) is 0 Å². The van der Waals surface area contributed by atoms with E-state index in [0.717, 1.165) is 10.9 Å². The Kier molecular flexibility index (Phi) is 5.06. The second-order valence-electron chi connectivity index (χ2n) is 6.04. The third kappa shape index (κ3) is 3.35. The minimum atomic E-state index is -2.10. The summed E-state index contributed by atoms with van der Waals surface area (Å²) in [5.74, 6) is -0.438. The van der Waals surface area contributed by atoms with E-state index in [4.69, 9.17) is 45.2 Å². The molecule has 0 radical (unpaired) electrons. The Morgan fingerprint density at radius 1 is 1.00 bits per heavy atom. The first kappa shape index (κ1) is 18.8. The first-order valence-corrected chi connectivity index (χ1v) is 9.07. The van der Waals surface area contributed by atoms with E-state index in [-0.39, 0.29) is 23.0 Å². The van der Waals surface area contributed by atoms with E-state index in [2.05, 4.69) is 4.90 Å². The lowest BCUT2D eigenvalue weighted by Gasteiger charge is -2.38. The summed E-state index contributed by atoms with van der Waals surface area (Å²) in [5.41, 5.74) is 7.88. The molecule has 0 fully saturated rings. The molecule has 0 bridgehead atoms. The molecule has 4 nitrogen and oxygen atoms in total. The van der Waals surface area contributed by atoms with E-state index in [1.165, 1.54) is 6.92 Å². The van der Waals surface area contributed by atoms with Crippen molar-refractivity contribution in [2.24, 2.45) is 5.73 Å². The molecule has 1 aliphatic heterocycles. The van der Waals surface area contributed by atoms with Gasteiger partial charge < -0.3 is 15.3 Å². The van der Waals surface area contributed by atoms with Crippen LogP contribution in [0.25, 0.3) is 0 Å². The van der Waals surface area contributed by atoms with Crippen molar-refractivity contribution in [2.45, 2.75) is 10.7 Å². The van der Waals surface area contributed by atoms with Crippen LogP contribution < -0.4 is 21.6 Å². The molecule has 0 amide bonds. The molecule has 8 heteroatoms. The quantitative estimate of drug-likeness (QED) is 0.585. The Morgan fingerprint density at radius 3 is 1.85 bits per heavy atom. The van der Waals surface area contributed by atoms with Crippen molar-refractivity contribution in [2.75, 3.05) is 0 Å². The highest BCUT2D eigenvalue weighted by Crippen LogP contribution is 2.31. The molecule has 0 saturated heterocycles. The number of nitrogens with one attached hydrogen (secondary N) is 1. The summed E-state index contributed by atoms with van der Waals surface area (Å²) in [6.07, 6.45) is 0. The smallest absolute Gasteiger partial charge is 0.507 e. The van der Waals surface area contributed by atoms with Gasteiger partial charge in [0.15, 0.2) is 17.4 Å². The van der Waals surface area contributed by atoms with Crippen LogP contribution >= 0.6 is 34.8 Å². The molecule has 3 rings (SSSR count). The number of benzene rings is 2. The zero-order valence-electron chi connectivity index (χ0n) is 13.9. The minimum absolute atomic E-state index is 0.0364. The van der Waals surface area contributed by atoms with Gasteiger partial charge in [-0.3, -0.25) is 4.79 Å². The predicted molar refractivity (Wildman–Crippen MR) is 107 cm³/mol. The zero-order chi connectivity index (χ0) is 18.9. The number of nitrogens with two attached hydrogens (primary N) is 1. The van der Waals surface area contributed by atoms with Crippen LogP contribution in [0.1, 0.15) is 6.92 Å². The van der Waals surface area contributed by atoms with Crippen LogP contribution in [-0.2, 0) is 9.45 Å². The molecule has 0 unspecified atom stereocenters. The molecule has 1 heterocycles. The summed E-state index contributed by atoms with van der Waals surface area (Å²) >= 11 is 18.5. The second-order valence-corrected chi connectivity index (χ2v) is 8.32. The summed E-state index contributed by atoms with van der Waals surface area (Å²) in [5, 5.41) is 0. The molecule has 26 heavy (non-hydrogen) atoms. The summed E-state index contributed by atoms with van der Waals surface area (Å²) in [4.78, 5) is 15.3. The largest absolute Gasteiger partial charge is 0.639 e. The van der Waals surface area contributed by atoms with Crippen LogP contribution in [-0.4, -0.2) is 21.8 Å². The van der Waals surface area contributed by atoms with Crippen LogP contribution in [0, 0.1) is 0 Å². The number of hydrogen-bond donors (Lipinski definition) is 2. The molecule has 0 aromatic heterocycles. The van der Waals surface area contributed by atoms with E-state index >= 15 is 0 Å². The molecule has 3 N–H and O–H groups in total. The third-order valence-electron chi connectivity index (χ3n) is 4.32. The van der Waals surface area contributed by atoms with E-state index in [9.17, 15) is 4.79 Å². The molecule has 2 aromatic carbocycles. The highest BCUT2D eigenvalue weighted by molar-refractivity contribution is 6.92. The van der Waals surface area contributed by atoms with E-state index < -0.39 is 10.3 Å². The second kappa shape index (κ2) is 6.99. The number of halogens is 3. The highest BCUT2D eigenvalue weighted by atomic mass is 35.6. The van der Waals surface area contributed by atoms with Gasteiger partial charge in [0.1, 0.15) is 5.57 Å². The molecule has 134 valence electrons. The summed E-state index contributed by atoms with van der Waals surface area (Å²) in [7, 11) is 0. The fourth-order valence-electron chi connectivity index (χ4n) is 3.19. The Morgan fingerprint density at radius 2 is 1.46 bits per heavy atom. The van der Waals surface area contributed by atoms with Gasteiger partial charge in [0.25, 0.3) is 3.79 Å². The van der Waals surface area contributed by atoms with Crippen molar-refractivity contribution in [3.63, 3.8) is 0 Å². The maximum absolute atomic E-state index is 12.1. The first-order valence-electron chi connectivity index (χ1n) is 7.94. The molecular formula is C18H16BCl3N2O2. The van der Waals surface area contributed by atoms with Crippen LogP contribution in [0.3, 0.4) is 0 Å². The molecule has 2 aromatic rings. The Balaban J connectivity index is 2.34. The van der Waals surface area contributed by atoms with Crippen molar-refractivity contribution in [3.05, 3.63) is 72.1 Å². The van der Waals surface area contributed by atoms with E-state index in [1.807, 2.05) is 60.7 Å². The number of carbonyl (C=O) groups excluding carboxylic acids is 1. The van der Waals surface area contributed by atoms with Gasteiger partial charge >= 0.3 is 6.48 Å².